The maximum atomic E-state index is 11.9. The number of benzene rings is 7. The van der Waals surface area contributed by atoms with Gasteiger partial charge in [0.1, 0.15) is 11.6 Å². The molecule has 7 aromatic carbocycles. The third-order valence-electron chi connectivity index (χ3n) is 11.7. The molecule has 64 heavy (non-hydrogen) atoms. The van der Waals surface area contributed by atoms with Crippen LogP contribution in [-0.2, 0) is 31.9 Å². The fourth-order valence-corrected chi connectivity index (χ4v) is 8.52. The molecule has 0 saturated heterocycles. The topological polar surface area (TPSA) is 50.9 Å². The fourth-order valence-electron chi connectivity index (χ4n) is 8.52. The van der Waals surface area contributed by atoms with Crippen molar-refractivity contribution in [2.24, 2.45) is 0 Å². The second-order valence-electron chi connectivity index (χ2n) is 18.4. The zero-order valence-corrected chi connectivity index (χ0v) is 39.5. The molecule has 9 rings (SSSR count). The van der Waals surface area contributed by atoms with Crippen LogP contribution in [0.2, 0.25) is 0 Å². The molecule has 0 fully saturated rings. The minimum Gasteiger partial charge on any atom is -0.507 e. The van der Waals surface area contributed by atoms with Gasteiger partial charge >= 0.3 is 0 Å². The summed E-state index contributed by atoms with van der Waals surface area (Å²) in [6.45, 7) is 14.0. The van der Waals surface area contributed by atoms with E-state index in [0.29, 0.717) is 61.6 Å². The van der Waals surface area contributed by atoms with E-state index in [1.165, 1.54) is 0 Å². The van der Waals surface area contributed by atoms with Gasteiger partial charge in [-0.25, -0.2) is 4.98 Å². The summed E-state index contributed by atoms with van der Waals surface area (Å²) in [6, 6.07) is 40.6. The Kier molecular flexibility index (Phi) is 9.48. The molecule has 1 N–H and O–H groups in total. The Bertz CT molecular complexity index is 3560. The van der Waals surface area contributed by atoms with Crippen LogP contribution < -0.4 is 0 Å². The molecule has 9 aromatic rings. The van der Waals surface area contributed by atoms with Crippen LogP contribution in [0.25, 0.3) is 83.9 Å². The van der Waals surface area contributed by atoms with Crippen LogP contribution in [0.5, 0.6) is 5.75 Å². The maximum absolute atomic E-state index is 11.9. The van der Waals surface area contributed by atoms with Crippen LogP contribution in [0.1, 0.15) is 80.3 Å². The Balaban J connectivity index is 0.00000693. The Morgan fingerprint density at radius 3 is 2.11 bits per heavy atom. The van der Waals surface area contributed by atoms with Gasteiger partial charge in [0.05, 0.1) is 29.1 Å². The zero-order valence-electron chi connectivity index (χ0n) is 45.2. The van der Waals surface area contributed by atoms with Gasteiger partial charge in [-0.15, -0.1) is 29.3 Å². The van der Waals surface area contributed by atoms with Crippen LogP contribution in [0, 0.1) is 26.8 Å². The third-order valence-corrected chi connectivity index (χ3v) is 11.7. The minimum absolute atomic E-state index is 0. The number of hydrogen-bond donors (Lipinski definition) is 1. The van der Waals surface area contributed by atoms with Crippen molar-refractivity contribution in [2.45, 2.75) is 73.1 Å². The van der Waals surface area contributed by atoms with Gasteiger partial charge in [0.2, 0.25) is 0 Å². The summed E-state index contributed by atoms with van der Waals surface area (Å²) >= 11 is 0. The summed E-state index contributed by atoms with van der Waals surface area (Å²) in [7, 11) is 0. The summed E-state index contributed by atoms with van der Waals surface area (Å²) in [5.74, 6) is 0.385. The second-order valence-corrected chi connectivity index (χ2v) is 18.4. The quantitative estimate of drug-likeness (QED) is 0.162. The standard InChI is InChI=1S/C59H54N3O.Pt/c1-37-30-39(3)56(63)49(31-37)57-61-55-48(44-33-45(35-46(34-44)58(4,5)6)51-36-42(28-29-60-51)40-18-12-10-13-19-40)23-17-25-53(55)62(57)52-27-26-43(32-38(52)2)54-47(41-20-14-11-15-21-41)22-16-24-50(54)59(7,8)9;/h10-32,34-36,63H,1-9H3;/q-1;/i2D3,10D,12D,13D,18D,19D;. The molecule has 322 valence electrons. The number of nitrogens with zero attached hydrogens (tertiary/aromatic N) is 3. The Morgan fingerprint density at radius 2 is 1.38 bits per heavy atom. The monoisotopic (exact) mass is 1020 g/mol. The number of aryl methyl sites for hydroxylation is 3. The van der Waals surface area contributed by atoms with Crippen molar-refractivity contribution in [1.29, 1.82) is 0 Å². The smallest absolute Gasteiger partial charge is 0.148 e. The molecule has 2 heterocycles. The van der Waals surface area contributed by atoms with E-state index in [-0.39, 0.29) is 60.9 Å². The number of aromatic hydroxyl groups is 1. The van der Waals surface area contributed by atoms with E-state index < -0.39 is 25.0 Å². The van der Waals surface area contributed by atoms with Gasteiger partial charge < -0.3 is 5.11 Å². The van der Waals surface area contributed by atoms with E-state index in [1.807, 2.05) is 85.1 Å². The molecule has 2 aromatic heterocycles. The van der Waals surface area contributed by atoms with Gasteiger partial charge in [-0.05, 0) is 117 Å². The SMILES string of the molecule is [2H]c1c([2H])c([2H])c(-c2ccnc(-c3[c-]c(-c4cccc5c4nc(-c4cc(C)cc(C)c4O)n5-c4ccc(-c5c(-c6ccccc6)cccc5C(C)(C)C)cc4C([2H])([2H])[2H])cc(C(C)(C)C)c3)c2)c([2H])c1[2H].[Pt]. The van der Waals surface area contributed by atoms with E-state index >= 15 is 0 Å². The molecule has 0 aliphatic rings. The Morgan fingerprint density at radius 1 is 0.641 bits per heavy atom. The molecule has 0 amide bonds. The van der Waals surface area contributed by atoms with Crippen LogP contribution in [-0.4, -0.2) is 19.6 Å². The zero-order chi connectivity index (χ0) is 51.1. The molecule has 0 saturated carbocycles. The van der Waals surface area contributed by atoms with Gasteiger partial charge in [-0.3, -0.25) is 9.55 Å². The number of fused-ring (bicyclic) bond motifs is 1. The van der Waals surface area contributed by atoms with Crippen molar-refractivity contribution >= 4 is 11.0 Å². The number of rotatable bonds is 7. The van der Waals surface area contributed by atoms with Crippen molar-refractivity contribution in [3.63, 3.8) is 0 Å². The van der Waals surface area contributed by atoms with Crippen molar-refractivity contribution in [1.82, 2.24) is 14.5 Å². The first-order chi connectivity index (χ1) is 33.4. The van der Waals surface area contributed by atoms with Gasteiger partial charge in [-0.2, -0.15) is 0 Å². The second kappa shape index (κ2) is 17.3. The Hall–Kier alpha value is -6.35. The molecule has 0 atom stereocenters. The van der Waals surface area contributed by atoms with Crippen LogP contribution in [0.15, 0.2) is 158 Å². The normalized spacial score (nSPS) is 13.8. The maximum Gasteiger partial charge on any atom is 0.148 e. The molecule has 0 bridgehead atoms. The molecule has 0 radical (unpaired) electrons. The van der Waals surface area contributed by atoms with E-state index in [2.05, 4.69) is 84.0 Å². The number of aromatic nitrogens is 3. The summed E-state index contributed by atoms with van der Waals surface area (Å²) in [5, 5.41) is 11.9. The number of para-hydroxylation sites is 1. The van der Waals surface area contributed by atoms with Crippen molar-refractivity contribution in [3.8, 4) is 78.6 Å². The number of hydrogen-bond acceptors (Lipinski definition) is 3. The van der Waals surface area contributed by atoms with Crippen LogP contribution in [0.3, 0.4) is 0 Å². The molecule has 0 aliphatic carbocycles. The first kappa shape index (κ1) is 35.1. The summed E-state index contributed by atoms with van der Waals surface area (Å²) < 4.78 is 71.4. The molecule has 0 unspecified atom stereocenters. The molecule has 0 spiro atoms. The molecule has 0 aliphatic heterocycles. The summed E-state index contributed by atoms with van der Waals surface area (Å²) in [5.41, 5.74) is 11.7. The predicted molar refractivity (Wildman–Crippen MR) is 264 cm³/mol. The van der Waals surface area contributed by atoms with Crippen LogP contribution in [0.4, 0.5) is 0 Å². The van der Waals surface area contributed by atoms with Gasteiger partial charge in [0.15, 0.2) is 0 Å². The van der Waals surface area contributed by atoms with Gasteiger partial charge in [-0.1, -0.05) is 162 Å². The summed E-state index contributed by atoms with van der Waals surface area (Å²) in [4.78, 5) is 10.1. The fraction of sp³-hybridized carbons (Fsp3) is 0.186. The number of phenols is 1. The molecule has 5 heteroatoms. The van der Waals surface area contributed by atoms with Gasteiger partial charge in [0, 0.05) is 37.1 Å². The molecular weight excluding hydrogens is 962 g/mol. The largest absolute Gasteiger partial charge is 0.507 e. The third kappa shape index (κ3) is 8.40. The van der Waals surface area contributed by atoms with E-state index in [1.54, 1.807) is 24.4 Å². The average molecular weight is 1020 g/mol. The van der Waals surface area contributed by atoms with E-state index in [0.717, 1.165) is 38.9 Å². The number of imidazole rings is 1. The minimum atomic E-state index is -2.59. The van der Waals surface area contributed by atoms with Crippen molar-refractivity contribution in [3.05, 3.63) is 192 Å². The first-order valence-electron chi connectivity index (χ1n) is 25.2. The van der Waals surface area contributed by atoms with Gasteiger partial charge in [0.25, 0.3) is 0 Å². The van der Waals surface area contributed by atoms with Crippen molar-refractivity contribution in [2.75, 3.05) is 0 Å². The number of pyridine rings is 1. The van der Waals surface area contributed by atoms with Crippen molar-refractivity contribution < 1.29 is 37.1 Å². The number of phenolic OH excluding ortho intramolecular Hbond substituents is 1. The Labute approximate surface area is 404 Å². The van der Waals surface area contributed by atoms with E-state index in [9.17, 15) is 5.11 Å². The van der Waals surface area contributed by atoms with Crippen LogP contribution >= 0.6 is 0 Å². The predicted octanol–water partition coefficient (Wildman–Crippen LogP) is 15.4. The molecular formula is C59H54N3OPt-. The first-order valence-corrected chi connectivity index (χ1v) is 21.2. The average Bonchev–Trinajstić information content (AvgIpc) is 3.72. The molecule has 4 nitrogen and oxygen atoms in total. The van der Waals surface area contributed by atoms with E-state index in [4.69, 9.17) is 20.9 Å². The summed E-state index contributed by atoms with van der Waals surface area (Å²) in [6.07, 6.45) is 1.56.